The van der Waals surface area contributed by atoms with E-state index in [9.17, 15) is 19.5 Å². The topological polar surface area (TPSA) is 93.1 Å². The largest absolute Gasteiger partial charge is 0.507 e. The SMILES string of the molecule is CCOC(=O)Cc1ccc(N2C(=O)C(=O)/C(=C(\O)c3cccc(OC(C)C)c3)C2c2cccc(C)c2)cc1. The van der Waals surface area contributed by atoms with Gasteiger partial charge in [-0.15, -0.1) is 0 Å². The van der Waals surface area contributed by atoms with E-state index >= 15 is 0 Å². The van der Waals surface area contributed by atoms with Crippen molar-refractivity contribution < 1.29 is 29.0 Å². The Morgan fingerprint density at radius 3 is 2.37 bits per heavy atom. The fourth-order valence-corrected chi connectivity index (χ4v) is 4.55. The first-order chi connectivity index (χ1) is 18.2. The predicted octanol–water partition coefficient (Wildman–Crippen LogP) is 5.51. The van der Waals surface area contributed by atoms with E-state index in [2.05, 4.69) is 0 Å². The second-order valence-corrected chi connectivity index (χ2v) is 9.43. The summed E-state index contributed by atoms with van der Waals surface area (Å²) in [6.07, 6.45) is 0.0281. The number of nitrogens with zero attached hydrogens (tertiary/aromatic N) is 1. The molecular weight excluding hydrogens is 482 g/mol. The van der Waals surface area contributed by atoms with Crippen molar-refractivity contribution >= 4 is 29.1 Å². The van der Waals surface area contributed by atoms with Crippen LogP contribution in [0.15, 0.2) is 78.4 Å². The van der Waals surface area contributed by atoms with Crippen LogP contribution in [0, 0.1) is 6.92 Å². The van der Waals surface area contributed by atoms with E-state index in [1.807, 2.05) is 45.0 Å². The molecule has 1 saturated heterocycles. The zero-order valence-corrected chi connectivity index (χ0v) is 21.9. The molecule has 0 saturated carbocycles. The van der Waals surface area contributed by atoms with E-state index < -0.39 is 17.7 Å². The highest BCUT2D eigenvalue weighted by atomic mass is 16.5. The van der Waals surface area contributed by atoms with Crippen molar-refractivity contribution in [3.05, 3.63) is 101 Å². The van der Waals surface area contributed by atoms with Gasteiger partial charge in [0.05, 0.1) is 30.7 Å². The monoisotopic (exact) mass is 513 g/mol. The van der Waals surface area contributed by atoms with Crippen molar-refractivity contribution in [3.8, 4) is 5.75 Å². The zero-order valence-electron chi connectivity index (χ0n) is 21.9. The molecule has 0 aromatic heterocycles. The van der Waals surface area contributed by atoms with Crippen LogP contribution in [0.3, 0.4) is 0 Å². The van der Waals surface area contributed by atoms with Gasteiger partial charge in [0.25, 0.3) is 11.7 Å². The van der Waals surface area contributed by atoms with E-state index in [0.717, 1.165) is 11.1 Å². The molecule has 196 valence electrons. The maximum absolute atomic E-state index is 13.4. The molecule has 1 N–H and O–H groups in total. The van der Waals surface area contributed by atoms with Crippen LogP contribution >= 0.6 is 0 Å². The van der Waals surface area contributed by atoms with Gasteiger partial charge in [-0.25, -0.2) is 0 Å². The molecule has 1 fully saturated rings. The van der Waals surface area contributed by atoms with Crippen molar-refractivity contribution in [2.75, 3.05) is 11.5 Å². The summed E-state index contributed by atoms with van der Waals surface area (Å²) >= 11 is 0. The number of rotatable bonds is 8. The van der Waals surface area contributed by atoms with E-state index in [4.69, 9.17) is 9.47 Å². The molecule has 3 aromatic carbocycles. The van der Waals surface area contributed by atoms with Gasteiger partial charge in [0.15, 0.2) is 0 Å². The van der Waals surface area contributed by atoms with Crippen molar-refractivity contribution in [1.82, 2.24) is 0 Å². The van der Waals surface area contributed by atoms with Crippen molar-refractivity contribution in [1.29, 1.82) is 0 Å². The first-order valence-electron chi connectivity index (χ1n) is 12.6. The third-order valence-electron chi connectivity index (χ3n) is 6.15. The number of amides is 1. The Bertz CT molecular complexity index is 1390. The van der Waals surface area contributed by atoms with Gasteiger partial charge >= 0.3 is 5.97 Å². The van der Waals surface area contributed by atoms with Crippen LogP contribution in [-0.4, -0.2) is 35.5 Å². The Morgan fingerprint density at radius 1 is 1.00 bits per heavy atom. The zero-order chi connectivity index (χ0) is 27.4. The first kappa shape index (κ1) is 26.7. The third-order valence-corrected chi connectivity index (χ3v) is 6.15. The van der Waals surface area contributed by atoms with Gasteiger partial charge in [0.1, 0.15) is 11.5 Å². The van der Waals surface area contributed by atoms with Crippen LogP contribution in [0.5, 0.6) is 5.75 Å². The van der Waals surface area contributed by atoms with E-state index in [1.54, 1.807) is 55.5 Å². The number of hydrogen-bond acceptors (Lipinski definition) is 6. The maximum Gasteiger partial charge on any atom is 0.310 e. The summed E-state index contributed by atoms with van der Waals surface area (Å²) in [5.74, 6) is -1.59. The number of carbonyl (C=O) groups is 3. The fraction of sp³-hybridized carbons (Fsp3) is 0.258. The van der Waals surface area contributed by atoms with E-state index in [0.29, 0.717) is 29.2 Å². The number of ether oxygens (including phenoxy) is 2. The normalized spacial score (nSPS) is 16.7. The number of anilines is 1. The lowest BCUT2D eigenvalue weighted by molar-refractivity contribution is -0.142. The van der Waals surface area contributed by atoms with E-state index in [-0.39, 0.29) is 29.8 Å². The molecule has 7 heteroatoms. The minimum atomic E-state index is -0.847. The Balaban J connectivity index is 1.81. The van der Waals surface area contributed by atoms with Crippen LogP contribution in [0.2, 0.25) is 0 Å². The number of Topliss-reactive ketones (excluding diaryl/α,β-unsaturated/α-hetero) is 1. The second-order valence-electron chi connectivity index (χ2n) is 9.43. The van der Waals surface area contributed by atoms with Crippen LogP contribution in [0.1, 0.15) is 49.1 Å². The minimum Gasteiger partial charge on any atom is -0.507 e. The lowest BCUT2D eigenvalue weighted by atomic mass is 9.94. The lowest BCUT2D eigenvalue weighted by Crippen LogP contribution is -2.29. The van der Waals surface area contributed by atoms with Gasteiger partial charge in [0, 0.05) is 11.3 Å². The fourth-order valence-electron chi connectivity index (χ4n) is 4.55. The summed E-state index contributed by atoms with van der Waals surface area (Å²) < 4.78 is 10.8. The maximum atomic E-state index is 13.4. The molecule has 0 spiro atoms. The molecule has 1 unspecified atom stereocenters. The number of carbonyl (C=O) groups excluding carboxylic acids is 3. The number of aliphatic hydroxyl groups excluding tert-OH is 1. The molecule has 38 heavy (non-hydrogen) atoms. The lowest BCUT2D eigenvalue weighted by Gasteiger charge is -2.26. The minimum absolute atomic E-state index is 0.00195. The van der Waals surface area contributed by atoms with Gasteiger partial charge in [-0.1, -0.05) is 54.1 Å². The Kier molecular flexibility index (Phi) is 7.96. The molecule has 1 amide bonds. The molecular formula is C31H31NO6. The van der Waals surface area contributed by atoms with Gasteiger partial charge in [-0.2, -0.15) is 0 Å². The van der Waals surface area contributed by atoms with Gasteiger partial charge in [-0.3, -0.25) is 19.3 Å². The number of aliphatic hydroxyl groups is 1. The number of benzene rings is 3. The highest BCUT2D eigenvalue weighted by Crippen LogP contribution is 2.42. The summed E-state index contributed by atoms with van der Waals surface area (Å²) in [5, 5.41) is 11.4. The van der Waals surface area contributed by atoms with Crippen molar-refractivity contribution in [2.24, 2.45) is 0 Å². The van der Waals surface area contributed by atoms with Crippen LogP contribution in [-0.2, 0) is 25.5 Å². The Hall–Kier alpha value is -4.39. The third kappa shape index (κ3) is 5.62. The van der Waals surface area contributed by atoms with Gasteiger partial charge in [0.2, 0.25) is 0 Å². The van der Waals surface area contributed by atoms with Crippen molar-refractivity contribution in [2.45, 2.75) is 46.3 Å². The molecule has 0 bridgehead atoms. The van der Waals surface area contributed by atoms with Crippen LogP contribution in [0.4, 0.5) is 5.69 Å². The highest BCUT2D eigenvalue weighted by Gasteiger charge is 2.47. The van der Waals surface area contributed by atoms with Gasteiger partial charge in [-0.05, 0) is 63.1 Å². The molecule has 1 atom stereocenters. The number of ketones is 1. The summed E-state index contributed by atoms with van der Waals surface area (Å²) in [6, 6.07) is 20.3. The molecule has 1 aliphatic heterocycles. The molecule has 0 radical (unpaired) electrons. The molecule has 3 aromatic rings. The summed E-state index contributed by atoms with van der Waals surface area (Å²) in [4.78, 5) is 40.1. The van der Waals surface area contributed by atoms with Crippen LogP contribution < -0.4 is 9.64 Å². The first-order valence-corrected chi connectivity index (χ1v) is 12.6. The number of hydrogen-bond donors (Lipinski definition) is 1. The molecule has 0 aliphatic carbocycles. The number of aryl methyl sites for hydroxylation is 1. The van der Waals surface area contributed by atoms with Crippen molar-refractivity contribution in [3.63, 3.8) is 0 Å². The smallest absolute Gasteiger partial charge is 0.310 e. The number of esters is 1. The molecule has 1 heterocycles. The Morgan fingerprint density at radius 2 is 1.71 bits per heavy atom. The Labute approximate surface area is 222 Å². The van der Waals surface area contributed by atoms with Gasteiger partial charge < -0.3 is 14.6 Å². The molecule has 4 rings (SSSR count). The molecule has 7 nitrogen and oxygen atoms in total. The summed E-state index contributed by atoms with van der Waals surface area (Å²) in [5.41, 5.74) is 3.21. The van der Waals surface area contributed by atoms with E-state index in [1.165, 1.54) is 4.90 Å². The quantitative estimate of drug-likeness (QED) is 0.185. The standard InChI is InChI=1S/C31H31NO6/c1-5-37-26(33)17-21-12-14-24(15-13-21)32-28(22-9-6-8-20(4)16-22)27(30(35)31(32)36)29(34)23-10-7-11-25(18-23)38-19(2)3/h6-16,18-19,28,34H,5,17H2,1-4H3/b29-27-. The average Bonchev–Trinajstić information content (AvgIpc) is 3.14. The highest BCUT2D eigenvalue weighted by molar-refractivity contribution is 6.51. The molecule has 1 aliphatic rings. The van der Waals surface area contributed by atoms with Crippen LogP contribution in [0.25, 0.3) is 5.76 Å². The summed E-state index contributed by atoms with van der Waals surface area (Å²) in [6.45, 7) is 7.76. The average molecular weight is 514 g/mol. The summed E-state index contributed by atoms with van der Waals surface area (Å²) in [7, 11) is 0. The predicted molar refractivity (Wildman–Crippen MR) is 145 cm³/mol. The second kappa shape index (κ2) is 11.3.